The van der Waals surface area contributed by atoms with E-state index in [1.54, 1.807) is 19.2 Å². The molecular formula is C15H22F3N3O. The molecule has 124 valence electrons. The lowest BCUT2D eigenvalue weighted by Crippen LogP contribution is -2.39. The number of guanidine groups is 1. The predicted octanol–water partition coefficient (Wildman–Crippen LogP) is 2.95. The second-order valence-corrected chi connectivity index (χ2v) is 5.22. The Bertz CT molecular complexity index is 470. The summed E-state index contributed by atoms with van der Waals surface area (Å²) in [5.74, 6) is 1.02. The number of rotatable bonds is 6. The lowest BCUT2D eigenvalue weighted by molar-refractivity contribution is -0.274. The van der Waals surface area contributed by atoms with Crippen LogP contribution in [0.4, 0.5) is 13.2 Å². The van der Waals surface area contributed by atoms with E-state index in [-0.39, 0.29) is 5.75 Å². The fourth-order valence-electron chi connectivity index (χ4n) is 1.70. The van der Waals surface area contributed by atoms with Gasteiger partial charge in [-0.15, -0.1) is 13.2 Å². The molecule has 0 radical (unpaired) electrons. The van der Waals surface area contributed by atoms with Crippen LogP contribution in [-0.4, -0.2) is 32.5 Å². The predicted molar refractivity (Wildman–Crippen MR) is 81.0 cm³/mol. The molecule has 0 unspecified atom stereocenters. The minimum Gasteiger partial charge on any atom is -0.406 e. The second-order valence-electron chi connectivity index (χ2n) is 5.22. The summed E-state index contributed by atoms with van der Waals surface area (Å²) in [6, 6.07) is 5.86. The van der Waals surface area contributed by atoms with E-state index in [2.05, 4.69) is 34.2 Å². The molecule has 0 aliphatic heterocycles. The summed E-state index contributed by atoms with van der Waals surface area (Å²) in [5.41, 5.74) is 0.918. The molecule has 0 aliphatic carbocycles. The van der Waals surface area contributed by atoms with Crippen molar-refractivity contribution in [3.63, 3.8) is 0 Å². The molecule has 0 spiro atoms. The smallest absolute Gasteiger partial charge is 0.406 e. The first kappa shape index (κ1) is 18.1. The van der Waals surface area contributed by atoms with E-state index >= 15 is 0 Å². The van der Waals surface area contributed by atoms with Gasteiger partial charge in [0.2, 0.25) is 0 Å². The number of halogens is 3. The highest BCUT2D eigenvalue weighted by molar-refractivity contribution is 5.79. The molecule has 0 amide bonds. The molecule has 0 aliphatic rings. The third-order valence-electron chi connectivity index (χ3n) is 2.76. The van der Waals surface area contributed by atoms with Gasteiger partial charge in [0.15, 0.2) is 5.96 Å². The van der Waals surface area contributed by atoms with E-state index in [1.165, 1.54) is 12.1 Å². The van der Waals surface area contributed by atoms with E-state index < -0.39 is 6.36 Å². The van der Waals surface area contributed by atoms with Gasteiger partial charge in [-0.2, -0.15) is 0 Å². The van der Waals surface area contributed by atoms with Crippen LogP contribution in [0, 0.1) is 5.92 Å². The maximum Gasteiger partial charge on any atom is 0.573 e. The topological polar surface area (TPSA) is 45.7 Å². The molecule has 22 heavy (non-hydrogen) atoms. The molecule has 7 heteroatoms. The lowest BCUT2D eigenvalue weighted by atomic mass is 10.1. The zero-order chi connectivity index (χ0) is 16.6. The van der Waals surface area contributed by atoms with Crippen molar-refractivity contribution >= 4 is 5.96 Å². The highest BCUT2D eigenvalue weighted by Crippen LogP contribution is 2.22. The zero-order valence-corrected chi connectivity index (χ0v) is 13.0. The van der Waals surface area contributed by atoms with Crippen molar-refractivity contribution in [2.75, 3.05) is 20.1 Å². The van der Waals surface area contributed by atoms with Crippen molar-refractivity contribution in [2.45, 2.75) is 26.6 Å². The van der Waals surface area contributed by atoms with Gasteiger partial charge in [-0.05, 0) is 30.0 Å². The molecule has 1 aromatic rings. The molecule has 0 saturated carbocycles. The van der Waals surface area contributed by atoms with Gasteiger partial charge in [0.05, 0.1) is 0 Å². The Labute approximate surface area is 128 Å². The van der Waals surface area contributed by atoms with Crippen LogP contribution in [0.25, 0.3) is 0 Å². The van der Waals surface area contributed by atoms with Gasteiger partial charge < -0.3 is 15.4 Å². The van der Waals surface area contributed by atoms with Crippen molar-refractivity contribution in [3.8, 4) is 5.75 Å². The number of hydrogen-bond acceptors (Lipinski definition) is 2. The first-order chi connectivity index (χ1) is 10.3. The zero-order valence-electron chi connectivity index (χ0n) is 13.0. The number of hydrogen-bond donors (Lipinski definition) is 2. The molecular weight excluding hydrogens is 295 g/mol. The minimum absolute atomic E-state index is 0.210. The van der Waals surface area contributed by atoms with Gasteiger partial charge in [-0.3, -0.25) is 4.99 Å². The molecule has 0 atom stereocenters. The van der Waals surface area contributed by atoms with Crippen LogP contribution in [-0.2, 0) is 6.42 Å². The molecule has 0 aromatic heterocycles. The normalized spacial score (nSPS) is 12.4. The number of nitrogens with one attached hydrogen (secondary N) is 2. The average molecular weight is 317 g/mol. The van der Waals surface area contributed by atoms with Crippen LogP contribution in [0.2, 0.25) is 0 Å². The molecule has 1 rings (SSSR count). The van der Waals surface area contributed by atoms with Crippen LogP contribution < -0.4 is 15.4 Å². The fraction of sp³-hybridized carbons (Fsp3) is 0.533. The largest absolute Gasteiger partial charge is 0.573 e. The molecule has 1 aromatic carbocycles. The first-order valence-electron chi connectivity index (χ1n) is 7.09. The third-order valence-corrected chi connectivity index (χ3v) is 2.76. The monoisotopic (exact) mass is 317 g/mol. The first-order valence-corrected chi connectivity index (χ1v) is 7.09. The molecule has 2 N–H and O–H groups in total. The number of benzene rings is 1. The van der Waals surface area contributed by atoms with E-state index in [0.717, 1.165) is 12.1 Å². The molecule has 4 nitrogen and oxygen atoms in total. The Hall–Kier alpha value is -1.92. The van der Waals surface area contributed by atoms with Crippen molar-refractivity contribution in [2.24, 2.45) is 10.9 Å². The third kappa shape index (κ3) is 7.75. The second kappa shape index (κ2) is 8.51. The van der Waals surface area contributed by atoms with Gasteiger partial charge in [0, 0.05) is 20.1 Å². The Morgan fingerprint density at radius 3 is 2.32 bits per heavy atom. The number of aliphatic imine (C=N–C) groups is 1. The Morgan fingerprint density at radius 1 is 1.18 bits per heavy atom. The quantitative estimate of drug-likeness (QED) is 0.626. The summed E-state index contributed by atoms with van der Waals surface area (Å²) < 4.78 is 40.0. The Kier molecular flexibility index (Phi) is 7.01. The van der Waals surface area contributed by atoms with Crippen LogP contribution in [0.5, 0.6) is 5.75 Å². The van der Waals surface area contributed by atoms with Gasteiger partial charge in [-0.1, -0.05) is 26.0 Å². The van der Waals surface area contributed by atoms with Gasteiger partial charge in [0.25, 0.3) is 0 Å². The fourth-order valence-corrected chi connectivity index (χ4v) is 1.70. The summed E-state index contributed by atoms with van der Waals surface area (Å²) in [6.07, 6.45) is -3.98. The summed E-state index contributed by atoms with van der Waals surface area (Å²) in [7, 11) is 1.69. The highest BCUT2D eigenvalue weighted by Gasteiger charge is 2.30. The van der Waals surface area contributed by atoms with E-state index in [4.69, 9.17) is 0 Å². The van der Waals surface area contributed by atoms with Crippen molar-refractivity contribution < 1.29 is 17.9 Å². The van der Waals surface area contributed by atoms with E-state index in [1.807, 2.05) is 0 Å². The van der Waals surface area contributed by atoms with Crippen molar-refractivity contribution in [1.82, 2.24) is 10.6 Å². The van der Waals surface area contributed by atoms with Gasteiger partial charge in [-0.25, -0.2) is 0 Å². The summed E-state index contributed by atoms with van der Waals surface area (Å²) in [5, 5.41) is 6.34. The minimum atomic E-state index is -4.66. The average Bonchev–Trinajstić information content (AvgIpc) is 2.42. The van der Waals surface area contributed by atoms with Crippen LogP contribution in [0.3, 0.4) is 0 Å². The highest BCUT2D eigenvalue weighted by atomic mass is 19.4. The molecule has 0 heterocycles. The maximum absolute atomic E-state index is 12.0. The Morgan fingerprint density at radius 2 is 1.82 bits per heavy atom. The standard InChI is InChI=1S/C15H22F3N3O/c1-11(2)10-21-14(19-3)20-9-8-12-4-6-13(7-5-12)22-15(16,17)18/h4-7,11H,8-10H2,1-3H3,(H2,19,20,21). The molecule has 0 fully saturated rings. The van der Waals surface area contributed by atoms with Crippen LogP contribution in [0.1, 0.15) is 19.4 Å². The van der Waals surface area contributed by atoms with Crippen LogP contribution in [0.15, 0.2) is 29.3 Å². The lowest BCUT2D eigenvalue weighted by Gasteiger charge is -2.13. The number of nitrogens with zero attached hydrogens (tertiary/aromatic N) is 1. The molecule has 0 bridgehead atoms. The number of ether oxygens (including phenoxy) is 1. The van der Waals surface area contributed by atoms with Gasteiger partial charge in [0.1, 0.15) is 5.75 Å². The van der Waals surface area contributed by atoms with E-state index in [0.29, 0.717) is 24.8 Å². The van der Waals surface area contributed by atoms with Crippen molar-refractivity contribution in [3.05, 3.63) is 29.8 Å². The Balaban J connectivity index is 2.38. The summed E-state index contributed by atoms with van der Waals surface area (Å²) in [6.45, 7) is 5.66. The van der Waals surface area contributed by atoms with Crippen molar-refractivity contribution in [1.29, 1.82) is 0 Å². The maximum atomic E-state index is 12.0. The van der Waals surface area contributed by atoms with Crippen LogP contribution >= 0.6 is 0 Å². The number of alkyl halides is 3. The molecule has 0 saturated heterocycles. The van der Waals surface area contributed by atoms with Gasteiger partial charge >= 0.3 is 6.36 Å². The summed E-state index contributed by atoms with van der Waals surface area (Å²) in [4.78, 5) is 4.10. The SMILES string of the molecule is CN=C(NCCc1ccc(OC(F)(F)F)cc1)NCC(C)C. The van der Waals surface area contributed by atoms with E-state index in [9.17, 15) is 13.2 Å². The summed E-state index contributed by atoms with van der Waals surface area (Å²) >= 11 is 0.